The van der Waals surface area contributed by atoms with Crippen LogP contribution in [0.25, 0.3) is 0 Å². The van der Waals surface area contributed by atoms with Crippen molar-refractivity contribution in [2.24, 2.45) is 0 Å². The van der Waals surface area contributed by atoms with E-state index in [9.17, 15) is 13.2 Å². The van der Waals surface area contributed by atoms with E-state index in [0.717, 1.165) is 12.8 Å². The first-order valence-electron chi connectivity index (χ1n) is 6.57. The van der Waals surface area contributed by atoms with E-state index in [-0.39, 0.29) is 10.8 Å². The van der Waals surface area contributed by atoms with Crippen LogP contribution in [-0.4, -0.2) is 55.2 Å². The number of pyridine rings is 1. The van der Waals surface area contributed by atoms with E-state index in [0.29, 0.717) is 13.0 Å². The van der Waals surface area contributed by atoms with Crippen molar-refractivity contribution >= 4 is 15.9 Å². The van der Waals surface area contributed by atoms with Crippen molar-refractivity contribution in [3.63, 3.8) is 0 Å². The second-order valence-corrected chi connectivity index (χ2v) is 6.94. The Bertz CT molecular complexity index is 572. The van der Waals surface area contributed by atoms with E-state index < -0.39 is 16.1 Å². The van der Waals surface area contributed by atoms with Crippen molar-refractivity contribution in [2.45, 2.75) is 30.2 Å². The Morgan fingerprint density at radius 1 is 1.40 bits per heavy atom. The second kappa shape index (κ2) is 5.88. The molecule has 0 aromatic carbocycles. The second-order valence-electron chi connectivity index (χ2n) is 5.05. The van der Waals surface area contributed by atoms with E-state index >= 15 is 0 Å². The number of carbonyl (C=O) groups excluding carboxylic acids is 1. The van der Waals surface area contributed by atoms with Crippen molar-refractivity contribution in [1.29, 1.82) is 0 Å². The Kier molecular flexibility index (Phi) is 4.39. The molecule has 6 nitrogen and oxygen atoms in total. The highest BCUT2D eigenvalue weighted by atomic mass is 32.2. The normalized spacial score (nSPS) is 20.6. The summed E-state index contributed by atoms with van der Waals surface area (Å²) in [6, 6.07) is 2.48. The molecule has 1 aliphatic heterocycles. The van der Waals surface area contributed by atoms with Gasteiger partial charge in [0.2, 0.25) is 15.9 Å². The zero-order valence-corrected chi connectivity index (χ0v) is 12.5. The minimum absolute atomic E-state index is 0.137. The number of rotatable bonds is 3. The van der Waals surface area contributed by atoms with Gasteiger partial charge >= 0.3 is 0 Å². The molecule has 0 radical (unpaired) electrons. The number of likely N-dealkylation sites (N-methyl/N-ethyl adjacent to an activating group) is 1. The molecule has 2 heterocycles. The molecule has 0 saturated carbocycles. The molecule has 0 aliphatic carbocycles. The van der Waals surface area contributed by atoms with E-state index in [1.165, 1.54) is 27.7 Å². The Hall–Kier alpha value is -1.47. The van der Waals surface area contributed by atoms with Gasteiger partial charge in [0.1, 0.15) is 10.9 Å². The molecular formula is C13H19N3O3S. The van der Waals surface area contributed by atoms with Gasteiger partial charge in [0, 0.05) is 33.0 Å². The summed E-state index contributed by atoms with van der Waals surface area (Å²) in [7, 11) is -0.377. The number of piperidine rings is 1. The molecule has 0 spiro atoms. The summed E-state index contributed by atoms with van der Waals surface area (Å²) in [5.74, 6) is -0.169. The van der Waals surface area contributed by atoms with Crippen molar-refractivity contribution in [1.82, 2.24) is 14.2 Å². The van der Waals surface area contributed by atoms with Crippen molar-refractivity contribution < 1.29 is 13.2 Å². The molecular weight excluding hydrogens is 278 g/mol. The van der Waals surface area contributed by atoms with E-state index in [2.05, 4.69) is 4.98 Å². The monoisotopic (exact) mass is 297 g/mol. The SMILES string of the molecule is CN(C)C(=O)C1CCCCN1S(=O)(=O)c1cccnc1. The maximum atomic E-state index is 12.6. The summed E-state index contributed by atoms with van der Waals surface area (Å²) in [5.41, 5.74) is 0. The minimum atomic E-state index is -3.67. The molecule has 1 fully saturated rings. The van der Waals surface area contributed by atoms with Gasteiger partial charge < -0.3 is 4.90 Å². The molecule has 1 unspecified atom stereocenters. The third-order valence-electron chi connectivity index (χ3n) is 3.42. The fourth-order valence-electron chi connectivity index (χ4n) is 2.37. The lowest BCUT2D eigenvalue weighted by atomic mass is 10.0. The molecule has 1 saturated heterocycles. The number of nitrogens with zero attached hydrogens (tertiary/aromatic N) is 3. The molecule has 1 aromatic heterocycles. The molecule has 20 heavy (non-hydrogen) atoms. The fraction of sp³-hybridized carbons (Fsp3) is 0.538. The number of hydrogen-bond donors (Lipinski definition) is 0. The van der Waals surface area contributed by atoms with Gasteiger partial charge in [-0.2, -0.15) is 4.31 Å². The maximum absolute atomic E-state index is 12.6. The fourth-order valence-corrected chi connectivity index (χ4v) is 3.99. The van der Waals surface area contributed by atoms with Crippen LogP contribution < -0.4 is 0 Å². The van der Waals surface area contributed by atoms with Gasteiger partial charge in [-0.05, 0) is 25.0 Å². The van der Waals surface area contributed by atoms with Gasteiger partial charge in [0.05, 0.1) is 0 Å². The first-order chi connectivity index (χ1) is 9.44. The number of hydrogen-bond acceptors (Lipinski definition) is 4. The highest BCUT2D eigenvalue weighted by Gasteiger charge is 2.38. The van der Waals surface area contributed by atoms with Crippen LogP contribution in [0.4, 0.5) is 0 Å². The van der Waals surface area contributed by atoms with Gasteiger partial charge in [-0.1, -0.05) is 6.42 Å². The summed E-state index contributed by atoms with van der Waals surface area (Å²) in [6.45, 7) is 0.376. The zero-order chi connectivity index (χ0) is 14.8. The molecule has 2 rings (SSSR count). The van der Waals surface area contributed by atoms with Crippen LogP contribution in [0.15, 0.2) is 29.4 Å². The van der Waals surface area contributed by atoms with Gasteiger partial charge in [-0.15, -0.1) is 0 Å². The smallest absolute Gasteiger partial charge is 0.245 e. The average Bonchev–Trinajstić information content (AvgIpc) is 2.47. The molecule has 110 valence electrons. The Morgan fingerprint density at radius 2 is 2.15 bits per heavy atom. The minimum Gasteiger partial charge on any atom is -0.347 e. The number of sulfonamides is 1. The van der Waals surface area contributed by atoms with Crippen LogP contribution in [0.3, 0.4) is 0 Å². The van der Waals surface area contributed by atoms with Crippen LogP contribution in [-0.2, 0) is 14.8 Å². The van der Waals surface area contributed by atoms with Crippen molar-refractivity contribution in [3.8, 4) is 0 Å². The third kappa shape index (κ3) is 2.83. The van der Waals surface area contributed by atoms with Crippen LogP contribution in [0, 0.1) is 0 Å². The summed E-state index contributed by atoms with van der Waals surface area (Å²) < 4.78 is 26.6. The Labute approximate surface area is 119 Å². The zero-order valence-electron chi connectivity index (χ0n) is 11.7. The van der Waals surface area contributed by atoms with E-state index in [1.54, 1.807) is 20.2 Å². The van der Waals surface area contributed by atoms with E-state index in [1.807, 2.05) is 0 Å². The highest BCUT2D eigenvalue weighted by Crippen LogP contribution is 2.25. The molecule has 1 aliphatic rings. The van der Waals surface area contributed by atoms with Gasteiger partial charge in [0.25, 0.3) is 0 Å². The lowest BCUT2D eigenvalue weighted by molar-refractivity contribution is -0.133. The van der Waals surface area contributed by atoms with Crippen LogP contribution in [0.2, 0.25) is 0 Å². The van der Waals surface area contributed by atoms with Gasteiger partial charge in [0.15, 0.2) is 0 Å². The first-order valence-corrected chi connectivity index (χ1v) is 8.01. The lowest BCUT2D eigenvalue weighted by Crippen LogP contribution is -2.51. The number of amides is 1. The third-order valence-corrected chi connectivity index (χ3v) is 5.31. The van der Waals surface area contributed by atoms with E-state index in [4.69, 9.17) is 0 Å². The molecule has 1 aromatic rings. The Morgan fingerprint density at radius 3 is 2.75 bits per heavy atom. The van der Waals surface area contributed by atoms with Gasteiger partial charge in [-0.25, -0.2) is 8.42 Å². The van der Waals surface area contributed by atoms with Crippen LogP contribution >= 0.6 is 0 Å². The molecule has 1 atom stereocenters. The van der Waals surface area contributed by atoms with Crippen molar-refractivity contribution in [3.05, 3.63) is 24.5 Å². The van der Waals surface area contributed by atoms with Gasteiger partial charge in [-0.3, -0.25) is 9.78 Å². The summed E-state index contributed by atoms with van der Waals surface area (Å²) in [6.07, 6.45) is 5.05. The topological polar surface area (TPSA) is 70.6 Å². The first kappa shape index (κ1) is 14.9. The highest BCUT2D eigenvalue weighted by molar-refractivity contribution is 7.89. The number of aromatic nitrogens is 1. The Balaban J connectivity index is 2.35. The molecule has 0 N–H and O–H groups in total. The predicted octanol–water partition coefficient (Wildman–Crippen LogP) is 0.713. The standard InChI is InChI=1S/C13H19N3O3S/c1-15(2)13(17)12-7-3-4-9-16(12)20(18,19)11-6-5-8-14-10-11/h5-6,8,10,12H,3-4,7,9H2,1-2H3. The largest absolute Gasteiger partial charge is 0.347 e. The molecule has 1 amide bonds. The molecule has 7 heteroatoms. The van der Waals surface area contributed by atoms with Crippen LogP contribution in [0.5, 0.6) is 0 Å². The summed E-state index contributed by atoms with van der Waals surface area (Å²) in [4.78, 5) is 17.6. The lowest BCUT2D eigenvalue weighted by Gasteiger charge is -2.34. The maximum Gasteiger partial charge on any atom is 0.245 e. The quantitative estimate of drug-likeness (QED) is 0.824. The number of carbonyl (C=O) groups is 1. The van der Waals surface area contributed by atoms with Crippen LogP contribution in [0.1, 0.15) is 19.3 Å². The molecule has 0 bridgehead atoms. The summed E-state index contributed by atoms with van der Waals surface area (Å²) in [5, 5.41) is 0. The predicted molar refractivity (Wildman–Crippen MR) is 74.5 cm³/mol. The average molecular weight is 297 g/mol. The van der Waals surface area contributed by atoms with Crippen molar-refractivity contribution in [2.75, 3.05) is 20.6 Å². The summed E-state index contributed by atoms with van der Waals surface area (Å²) >= 11 is 0.